The second kappa shape index (κ2) is 10.9. The summed E-state index contributed by atoms with van der Waals surface area (Å²) in [6.07, 6.45) is 1.67. The molecule has 11 heteroatoms. The fraction of sp³-hybridized carbons (Fsp3) is 0.407. The van der Waals surface area contributed by atoms with Gasteiger partial charge in [0.1, 0.15) is 5.75 Å². The molecule has 202 valence electrons. The van der Waals surface area contributed by atoms with Crippen LogP contribution in [0.5, 0.6) is 5.75 Å². The third-order valence-corrected chi connectivity index (χ3v) is 8.37. The normalized spacial score (nSPS) is 16.7. The molecule has 1 saturated heterocycles. The van der Waals surface area contributed by atoms with Gasteiger partial charge in [-0.25, -0.2) is 17.8 Å². The molecule has 2 aliphatic rings. The van der Waals surface area contributed by atoms with Crippen LogP contribution in [0.1, 0.15) is 53.0 Å². The van der Waals surface area contributed by atoms with E-state index >= 15 is 0 Å². The molecule has 5 rings (SSSR count). The van der Waals surface area contributed by atoms with E-state index in [1.165, 1.54) is 6.07 Å². The molecule has 1 aromatic heterocycles. The number of aromatic hydroxyl groups is 1. The molecule has 1 aliphatic carbocycles. The van der Waals surface area contributed by atoms with Gasteiger partial charge < -0.3 is 19.3 Å². The molecule has 2 aromatic carbocycles. The number of halogens is 3. The van der Waals surface area contributed by atoms with Gasteiger partial charge in [0.15, 0.2) is 11.6 Å². The number of hydrogen-bond donors (Lipinski definition) is 1. The number of esters is 1. The van der Waals surface area contributed by atoms with E-state index in [0.29, 0.717) is 33.2 Å². The fourth-order valence-corrected chi connectivity index (χ4v) is 6.05. The number of rotatable bonds is 7. The van der Waals surface area contributed by atoms with E-state index in [4.69, 9.17) is 4.74 Å². The van der Waals surface area contributed by atoms with E-state index in [0.717, 1.165) is 51.2 Å². The standard InChI is InChI=1S/C27H28BrF2N3O4S/c1-3-37-27(35)23-22-17(14-32-10-8-31(2)9-11-32)25(34)18(28)13-21(22)33(16-5-6-16)24(23)26(38-36)15-4-7-19(29)20(30)12-15/h4,7,12-13,16,34H,3,5-6,8-11,14H2,1-2H3. The minimum Gasteiger partial charge on any atom is -0.506 e. The Kier molecular flexibility index (Phi) is 7.72. The first-order chi connectivity index (χ1) is 18.2. The molecular weight excluding hydrogens is 580 g/mol. The number of likely N-dealkylation sites (N-methyl/N-ethyl adjacent to an activating group) is 1. The number of piperazine rings is 1. The van der Waals surface area contributed by atoms with Gasteiger partial charge in [0.05, 0.1) is 44.0 Å². The highest BCUT2D eigenvalue weighted by Gasteiger charge is 2.37. The number of fused-ring (bicyclic) bond motifs is 1. The zero-order valence-corrected chi connectivity index (χ0v) is 23.5. The molecule has 0 unspecified atom stereocenters. The van der Waals surface area contributed by atoms with Crippen molar-refractivity contribution in [1.29, 1.82) is 0 Å². The average Bonchev–Trinajstić information content (AvgIpc) is 3.68. The number of ether oxygens (including phenoxy) is 1. The second-order valence-electron chi connectivity index (χ2n) is 9.75. The Morgan fingerprint density at radius 3 is 2.47 bits per heavy atom. The lowest BCUT2D eigenvalue weighted by Gasteiger charge is -2.32. The molecule has 0 amide bonds. The molecule has 0 radical (unpaired) electrons. The highest BCUT2D eigenvalue weighted by atomic mass is 79.9. The van der Waals surface area contributed by atoms with Crippen LogP contribution < -0.4 is 0 Å². The van der Waals surface area contributed by atoms with E-state index in [9.17, 15) is 22.9 Å². The van der Waals surface area contributed by atoms with Gasteiger partial charge in [-0.2, -0.15) is 0 Å². The number of carbonyl (C=O) groups is 1. The van der Waals surface area contributed by atoms with Crippen molar-refractivity contribution in [2.75, 3.05) is 39.8 Å². The first kappa shape index (κ1) is 27.0. The highest BCUT2D eigenvalue weighted by Crippen LogP contribution is 2.46. The Morgan fingerprint density at radius 2 is 1.87 bits per heavy atom. The van der Waals surface area contributed by atoms with Crippen molar-refractivity contribution in [2.45, 2.75) is 32.4 Å². The van der Waals surface area contributed by atoms with E-state index in [1.54, 1.807) is 13.0 Å². The lowest BCUT2D eigenvalue weighted by molar-refractivity contribution is 0.0528. The van der Waals surface area contributed by atoms with Crippen molar-refractivity contribution in [3.63, 3.8) is 0 Å². The largest absolute Gasteiger partial charge is 0.506 e. The molecule has 1 aliphatic heterocycles. The molecule has 1 N–H and O–H groups in total. The maximum atomic E-state index is 14.3. The summed E-state index contributed by atoms with van der Waals surface area (Å²) < 4.78 is 48.5. The van der Waals surface area contributed by atoms with Gasteiger partial charge in [-0.05, 0) is 60.9 Å². The maximum Gasteiger partial charge on any atom is 0.341 e. The van der Waals surface area contributed by atoms with Crippen LogP contribution in [0, 0.1) is 11.6 Å². The van der Waals surface area contributed by atoms with Gasteiger partial charge in [0.2, 0.25) is 0 Å². The first-order valence-electron chi connectivity index (χ1n) is 12.5. The van der Waals surface area contributed by atoms with Crippen LogP contribution in [0.2, 0.25) is 0 Å². The molecule has 38 heavy (non-hydrogen) atoms. The molecule has 7 nitrogen and oxygen atoms in total. The third kappa shape index (κ3) is 4.92. The van der Waals surface area contributed by atoms with E-state index < -0.39 is 17.6 Å². The zero-order valence-electron chi connectivity index (χ0n) is 21.1. The van der Waals surface area contributed by atoms with Crippen LogP contribution in [-0.4, -0.2) is 74.3 Å². The molecule has 3 aromatic rings. The quantitative estimate of drug-likeness (QED) is 0.243. The summed E-state index contributed by atoms with van der Waals surface area (Å²) in [5, 5.41) is 11.8. The van der Waals surface area contributed by atoms with Crippen LogP contribution in [-0.2, 0) is 22.5 Å². The van der Waals surface area contributed by atoms with E-state index in [1.807, 2.05) is 4.57 Å². The monoisotopic (exact) mass is 607 g/mol. The molecule has 0 spiro atoms. The van der Waals surface area contributed by atoms with E-state index in [2.05, 4.69) is 32.8 Å². The number of phenolic OH excluding ortho intramolecular Hbond substituents is 1. The van der Waals surface area contributed by atoms with Crippen molar-refractivity contribution in [3.05, 3.63) is 62.8 Å². The second-order valence-corrected chi connectivity index (χ2v) is 11.2. The van der Waals surface area contributed by atoms with Crippen LogP contribution >= 0.6 is 15.9 Å². The van der Waals surface area contributed by atoms with Gasteiger partial charge in [0.25, 0.3) is 0 Å². The topological polar surface area (TPSA) is 75.0 Å². The number of nitrogens with zero attached hydrogens (tertiary/aromatic N) is 3. The SMILES string of the molecule is CCOC(=O)c1c(C(=S=O)c2ccc(F)c(F)c2)n(C2CC2)c2cc(Br)c(O)c(CN3CCN(C)CC3)c12. The van der Waals surface area contributed by atoms with Gasteiger partial charge in [-0.3, -0.25) is 4.90 Å². The summed E-state index contributed by atoms with van der Waals surface area (Å²) in [5.41, 5.74) is 1.87. The fourth-order valence-electron chi connectivity index (χ4n) is 5.09. The van der Waals surface area contributed by atoms with Gasteiger partial charge >= 0.3 is 5.97 Å². The predicted molar refractivity (Wildman–Crippen MR) is 146 cm³/mol. The maximum absolute atomic E-state index is 14.3. The summed E-state index contributed by atoms with van der Waals surface area (Å²) >= 11 is 3.62. The molecule has 0 atom stereocenters. The Balaban J connectivity index is 1.81. The predicted octanol–water partition coefficient (Wildman–Crippen LogP) is 4.43. The molecular formula is C27H28BrF2N3O4S. The summed E-state index contributed by atoms with van der Waals surface area (Å²) in [6, 6.07) is 5.03. The van der Waals surface area contributed by atoms with Crippen molar-refractivity contribution < 1.29 is 27.6 Å². The molecule has 2 fully saturated rings. The number of carbonyl (C=O) groups excluding carboxylic acids is 1. The van der Waals surface area contributed by atoms with Crippen molar-refractivity contribution in [3.8, 4) is 5.75 Å². The lowest BCUT2D eigenvalue weighted by atomic mass is 10.00. The van der Waals surface area contributed by atoms with Crippen LogP contribution in [0.25, 0.3) is 10.9 Å². The van der Waals surface area contributed by atoms with Crippen molar-refractivity contribution in [1.82, 2.24) is 14.4 Å². The zero-order chi connectivity index (χ0) is 27.1. The van der Waals surface area contributed by atoms with E-state index in [-0.39, 0.29) is 45.6 Å². The summed E-state index contributed by atoms with van der Waals surface area (Å²) in [5.74, 6) is -2.73. The number of hydrogen-bond acceptors (Lipinski definition) is 6. The van der Waals surface area contributed by atoms with Gasteiger partial charge in [-0.15, -0.1) is 0 Å². The summed E-state index contributed by atoms with van der Waals surface area (Å²) in [4.78, 5) is 18.1. The van der Waals surface area contributed by atoms with Crippen LogP contribution in [0.3, 0.4) is 0 Å². The number of aromatic nitrogens is 1. The Bertz CT molecular complexity index is 1480. The summed E-state index contributed by atoms with van der Waals surface area (Å²) in [6.45, 7) is 5.51. The molecule has 1 saturated carbocycles. The van der Waals surface area contributed by atoms with Crippen LogP contribution in [0.15, 0.2) is 28.7 Å². The number of benzene rings is 2. The smallest absolute Gasteiger partial charge is 0.341 e. The van der Waals surface area contributed by atoms with Gasteiger partial charge in [-0.1, -0.05) is 6.07 Å². The van der Waals surface area contributed by atoms with Crippen molar-refractivity contribution >= 4 is 48.9 Å². The minimum atomic E-state index is -1.09. The lowest BCUT2D eigenvalue weighted by Crippen LogP contribution is -2.43. The van der Waals surface area contributed by atoms with Gasteiger partial charge in [0, 0.05) is 55.3 Å². The van der Waals surface area contributed by atoms with Crippen LogP contribution in [0.4, 0.5) is 8.78 Å². The summed E-state index contributed by atoms with van der Waals surface area (Å²) in [7, 11) is 2.06. The molecule has 2 heterocycles. The Labute approximate surface area is 231 Å². The Hall–Kier alpha value is -2.60. The Morgan fingerprint density at radius 1 is 1.16 bits per heavy atom. The average molecular weight is 609 g/mol. The number of phenols is 1. The highest BCUT2D eigenvalue weighted by molar-refractivity contribution is 9.10. The first-order valence-corrected chi connectivity index (χ1v) is 14.1. The molecule has 0 bridgehead atoms. The third-order valence-electron chi connectivity index (χ3n) is 7.17. The van der Waals surface area contributed by atoms with Crippen molar-refractivity contribution in [2.24, 2.45) is 0 Å². The minimum absolute atomic E-state index is 0.0102.